The minimum Gasteiger partial charge on any atom is -0.463 e. The number of esters is 2. The van der Waals surface area contributed by atoms with Gasteiger partial charge in [0, 0.05) is 0 Å². The van der Waals surface area contributed by atoms with E-state index in [-0.39, 0.29) is 0 Å². The van der Waals surface area contributed by atoms with Crippen molar-refractivity contribution in [1.82, 2.24) is 0 Å². The van der Waals surface area contributed by atoms with Crippen LogP contribution in [0.5, 0.6) is 0 Å². The maximum Gasteiger partial charge on any atom is 0.306 e. The normalized spacial score (nSPS) is 44.4. The molecular formula is C16H26O14. The standard InChI is InChI=1S/C16H26O14/c17-5(28-3-4-7(19)8(20)14(26)16(27)29-4)1-2-6(18)30-15-12(24)10(22)9(21)11(23)13(15)25/h4,7-16,19-27H,1-3H2/t4?,7-,8?,9?,10?,11?,12-,13?,14+,15?,16-/m1/s1. The minimum atomic E-state index is -1.88. The second kappa shape index (κ2) is 10.2. The molecule has 14 nitrogen and oxygen atoms in total. The van der Waals surface area contributed by atoms with E-state index >= 15 is 0 Å². The molecule has 1 saturated carbocycles. The van der Waals surface area contributed by atoms with Gasteiger partial charge in [0.25, 0.3) is 0 Å². The first kappa shape index (κ1) is 24.8. The zero-order chi connectivity index (χ0) is 22.7. The molecule has 0 radical (unpaired) electrons. The maximum absolute atomic E-state index is 11.8. The van der Waals surface area contributed by atoms with Gasteiger partial charge < -0.3 is 60.2 Å². The summed E-state index contributed by atoms with van der Waals surface area (Å²) < 4.78 is 14.4. The molecule has 1 saturated heterocycles. The van der Waals surface area contributed by atoms with Crippen LogP contribution in [0.3, 0.4) is 0 Å². The number of hydrogen-bond donors (Lipinski definition) is 9. The molecule has 30 heavy (non-hydrogen) atoms. The van der Waals surface area contributed by atoms with Gasteiger partial charge in [-0.05, 0) is 0 Å². The first-order valence-electron chi connectivity index (χ1n) is 9.08. The van der Waals surface area contributed by atoms with Crippen LogP contribution in [0.1, 0.15) is 12.8 Å². The second-order valence-electron chi connectivity index (χ2n) is 7.13. The lowest BCUT2D eigenvalue weighted by Gasteiger charge is -2.41. The summed E-state index contributed by atoms with van der Waals surface area (Å²) in [4.78, 5) is 23.6. The third-order valence-electron chi connectivity index (χ3n) is 4.97. The molecule has 2 aliphatic rings. The fourth-order valence-electron chi connectivity index (χ4n) is 3.07. The number of hydrogen-bond acceptors (Lipinski definition) is 14. The number of carbonyl (C=O) groups excluding carboxylic acids is 2. The number of carbonyl (C=O) groups is 2. The fourth-order valence-corrected chi connectivity index (χ4v) is 3.07. The quantitative estimate of drug-likeness (QED) is 0.174. The van der Waals surface area contributed by atoms with Crippen molar-refractivity contribution >= 4 is 11.9 Å². The van der Waals surface area contributed by atoms with Crippen molar-refractivity contribution in [3.63, 3.8) is 0 Å². The van der Waals surface area contributed by atoms with Gasteiger partial charge in [-0.3, -0.25) is 9.59 Å². The van der Waals surface area contributed by atoms with Crippen molar-refractivity contribution in [2.75, 3.05) is 6.61 Å². The molecular weight excluding hydrogens is 416 g/mol. The minimum absolute atomic E-state index is 0.540. The Hall–Kier alpha value is -1.46. The molecule has 14 heteroatoms. The van der Waals surface area contributed by atoms with E-state index in [1.807, 2.05) is 0 Å². The van der Waals surface area contributed by atoms with E-state index in [0.29, 0.717) is 0 Å². The van der Waals surface area contributed by atoms with E-state index in [2.05, 4.69) is 0 Å². The smallest absolute Gasteiger partial charge is 0.306 e. The number of aliphatic hydroxyl groups is 9. The predicted octanol–water partition coefficient (Wildman–Crippen LogP) is -6.16. The lowest BCUT2D eigenvalue weighted by Crippen LogP contribution is -2.64. The molecule has 11 atom stereocenters. The lowest BCUT2D eigenvalue weighted by atomic mass is 9.85. The third kappa shape index (κ3) is 5.42. The molecule has 1 heterocycles. The zero-order valence-electron chi connectivity index (χ0n) is 15.5. The van der Waals surface area contributed by atoms with Crippen molar-refractivity contribution in [1.29, 1.82) is 0 Å². The van der Waals surface area contributed by atoms with Gasteiger partial charge in [-0.15, -0.1) is 0 Å². The monoisotopic (exact) mass is 442 g/mol. The molecule has 0 aromatic rings. The van der Waals surface area contributed by atoms with Crippen molar-refractivity contribution in [2.45, 2.75) is 80.2 Å². The molecule has 1 aliphatic carbocycles. The third-order valence-corrected chi connectivity index (χ3v) is 4.97. The van der Waals surface area contributed by atoms with Crippen LogP contribution in [0, 0.1) is 0 Å². The van der Waals surface area contributed by atoms with Gasteiger partial charge in [0.2, 0.25) is 0 Å². The summed E-state index contributed by atoms with van der Waals surface area (Å²) in [5.41, 5.74) is 0. The summed E-state index contributed by atoms with van der Waals surface area (Å²) in [6, 6.07) is 0. The van der Waals surface area contributed by atoms with E-state index in [4.69, 9.17) is 14.2 Å². The highest BCUT2D eigenvalue weighted by Crippen LogP contribution is 2.24. The van der Waals surface area contributed by atoms with E-state index in [9.17, 15) is 55.5 Å². The van der Waals surface area contributed by atoms with Gasteiger partial charge >= 0.3 is 11.9 Å². The Labute approximate surface area is 169 Å². The van der Waals surface area contributed by atoms with Gasteiger partial charge in [-0.1, -0.05) is 0 Å². The predicted molar refractivity (Wildman–Crippen MR) is 89.0 cm³/mol. The molecule has 174 valence electrons. The fraction of sp³-hybridized carbons (Fsp3) is 0.875. The Morgan fingerprint density at radius 1 is 0.633 bits per heavy atom. The number of aliphatic hydroxyl groups excluding tert-OH is 9. The van der Waals surface area contributed by atoms with Crippen molar-refractivity contribution in [2.24, 2.45) is 0 Å². The summed E-state index contributed by atoms with van der Waals surface area (Å²) >= 11 is 0. The Bertz CT molecular complexity index is 584. The molecule has 0 amide bonds. The van der Waals surface area contributed by atoms with E-state index in [1.54, 1.807) is 0 Å². The maximum atomic E-state index is 11.8. The highest BCUT2D eigenvalue weighted by atomic mass is 16.7. The largest absolute Gasteiger partial charge is 0.463 e. The molecule has 7 unspecified atom stereocenters. The Balaban J connectivity index is 1.77. The van der Waals surface area contributed by atoms with Crippen LogP contribution in [0.15, 0.2) is 0 Å². The second-order valence-corrected chi connectivity index (χ2v) is 7.13. The molecule has 0 aromatic carbocycles. The molecule has 2 rings (SSSR count). The summed E-state index contributed by atoms with van der Waals surface area (Å²) in [7, 11) is 0. The molecule has 2 fully saturated rings. The van der Waals surface area contributed by atoms with Gasteiger partial charge in [-0.25, -0.2) is 0 Å². The van der Waals surface area contributed by atoms with Crippen LogP contribution in [0.4, 0.5) is 0 Å². The molecule has 9 N–H and O–H groups in total. The van der Waals surface area contributed by atoms with Crippen LogP contribution in [-0.4, -0.2) is 132 Å². The molecule has 0 bridgehead atoms. The molecule has 0 spiro atoms. The van der Waals surface area contributed by atoms with Crippen LogP contribution in [0.2, 0.25) is 0 Å². The van der Waals surface area contributed by atoms with Gasteiger partial charge in [0.05, 0.1) is 12.8 Å². The highest BCUT2D eigenvalue weighted by molar-refractivity contribution is 5.77. The Morgan fingerprint density at radius 3 is 1.67 bits per heavy atom. The van der Waals surface area contributed by atoms with E-state index in [0.717, 1.165) is 0 Å². The van der Waals surface area contributed by atoms with Crippen molar-refractivity contribution in [3.8, 4) is 0 Å². The van der Waals surface area contributed by atoms with E-state index in [1.165, 1.54) is 0 Å². The highest BCUT2D eigenvalue weighted by Gasteiger charge is 2.50. The molecule has 0 aromatic heterocycles. The van der Waals surface area contributed by atoms with Gasteiger partial charge in [0.1, 0.15) is 61.5 Å². The Morgan fingerprint density at radius 2 is 1.10 bits per heavy atom. The summed E-state index contributed by atoms with van der Waals surface area (Å²) in [5.74, 6) is -2.05. The van der Waals surface area contributed by atoms with Crippen LogP contribution >= 0.6 is 0 Å². The van der Waals surface area contributed by atoms with Crippen molar-refractivity contribution < 1.29 is 69.8 Å². The molecule has 1 aliphatic heterocycles. The SMILES string of the molecule is O=C(CCC(=O)OC1C(O)C(O)C(O)C(O)[C@H]1O)OCC1O[C@@H](O)[C@@H](O)C(O)[C@@H]1O. The first-order valence-corrected chi connectivity index (χ1v) is 9.08. The summed E-state index contributed by atoms with van der Waals surface area (Å²) in [6.07, 6.45) is -20.5. The van der Waals surface area contributed by atoms with Gasteiger partial charge in [-0.2, -0.15) is 0 Å². The zero-order valence-corrected chi connectivity index (χ0v) is 15.5. The van der Waals surface area contributed by atoms with Gasteiger partial charge in [0.15, 0.2) is 12.4 Å². The summed E-state index contributed by atoms with van der Waals surface area (Å²) in [5, 5.41) is 86.2. The number of rotatable bonds is 6. The number of ether oxygens (including phenoxy) is 3. The average molecular weight is 442 g/mol. The van der Waals surface area contributed by atoms with Crippen LogP contribution in [0.25, 0.3) is 0 Å². The van der Waals surface area contributed by atoms with Crippen LogP contribution < -0.4 is 0 Å². The topological polar surface area (TPSA) is 244 Å². The Kier molecular flexibility index (Phi) is 8.46. The van der Waals surface area contributed by atoms with E-state index < -0.39 is 98.7 Å². The summed E-state index contributed by atoms with van der Waals surface area (Å²) in [6.45, 7) is -0.605. The van der Waals surface area contributed by atoms with Crippen molar-refractivity contribution in [3.05, 3.63) is 0 Å². The first-order chi connectivity index (χ1) is 14.0. The average Bonchev–Trinajstić information content (AvgIpc) is 2.72. The lowest BCUT2D eigenvalue weighted by molar-refractivity contribution is -0.287. The van der Waals surface area contributed by atoms with Crippen LogP contribution in [-0.2, 0) is 23.8 Å².